The van der Waals surface area contributed by atoms with Gasteiger partial charge >= 0.3 is 0 Å². The molecule has 92 valence electrons. The van der Waals surface area contributed by atoms with Gasteiger partial charge in [0.05, 0.1) is 6.61 Å². The highest BCUT2D eigenvalue weighted by atomic mass is 19.1. The van der Waals surface area contributed by atoms with Crippen LogP contribution in [0.15, 0.2) is 42.6 Å². The van der Waals surface area contributed by atoms with Crippen LogP contribution in [0.25, 0.3) is 0 Å². The lowest BCUT2D eigenvalue weighted by Gasteiger charge is -2.33. The molecule has 1 atom stereocenters. The van der Waals surface area contributed by atoms with Crippen molar-refractivity contribution in [2.75, 3.05) is 6.61 Å². The van der Waals surface area contributed by atoms with Crippen LogP contribution in [0.3, 0.4) is 0 Å². The molecular formula is C14H12FNO2. The monoisotopic (exact) mass is 245 g/mol. The van der Waals surface area contributed by atoms with E-state index in [0.717, 1.165) is 0 Å². The van der Waals surface area contributed by atoms with Crippen LogP contribution in [0.1, 0.15) is 17.7 Å². The number of aliphatic hydroxyl groups is 1. The van der Waals surface area contributed by atoms with Crippen LogP contribution < -0.4 is 4.74 Å². The van der Waals surface area contributed by atoms with Crippen LogP contribution in [0.4, 0.5) is 4.39 Å². The predicted octanol–water partition coefficient (Wildman–Crippen LogP) is 2.24. The minimum atomic E-state index is -1.21. The standard InChI is InChI=1S/C14H12FNO2/c15-11-5-3-10(4-6-11)14(17)7-9-18-12-2-1-8-16-13(12)14/h1-6,8,17H,7,9H2. The zero-order valence-electron chi connectivity index (χ0n) is 9.64. The molecule has 0 saturated carbocycles. The van der Waals surface area contributed by atoms with Crippen molar-refractivity contribution < 1.29 is 14.2 Å². The first-order chi connectivity index (χ1) is 8.70. The lowest BCUT2D eigenvalue weighted by molar-refractivity contribution is 0.0300. The van der Waals surface area contributed by atoms with Crippen molar-refractivity contribution in [2.24, 2.45) is 0 Å². The summed E-state index contributed by atoms with van der Waals surface area (Å²) < 4.78 is 18.4. The first kappa shape index (κ1) is 11.2. The molecular weight excluding hydrogens is 233 g/mol. The number of pyridine rings is 1. The van der Waals surface area contributed by atoms with Crippen molar-refractivity contribution in [1.29, 1.82) is 0 Å². The number of hydrogen-bond acceptors (Lipinski definition) is 3. The van der Waals surface area contributed by atoms with Crippen LogP contribution in [0.2, 0.25) is 0 Å². The van der Waals surface area contributed by atoms with Gasteiger partial charge in [-0.05, 0) is 29.8 Å². The molecule has 1 aliphatic heterocycles. The Morgan fingerprint density at radius 3 is 2.78 bits per heavy atom. The molecule has 18 heavy (non-hydrogen) atoms. The zero-order valence-corrected chi connectivity index (χ0v) is 9.64. The number of nitrogens with zero attached hydrogens (tertiary/aromatic N) is 1. The molecule has 0 bridgehead atoms. The van der Waals surface area contributed by atoms with Crippen LogP contribution >= 0.6 is 0 Å². The first-order valence-electron chi connectivity index (χ1n) is 5.77. The molecule has 0 spiro atoms. The van der Waals surface area contributed by atoms with E-state index in [9.17, 15) is 9.50 Å². The van der Waals surface area contributed by atoms with Gasteiger partial charge in [-0.3, -0.25) is 4.98 Å². The Labute approximate surface area is 104 Å². The molecule has 0 radical (unpaired) electrons. The minimum absolute atomic E-state index is 0.323. The van der Waals surface area contributed by atoms with E-state index in [4.69, 9.17) is 4.74 Å². The lowest BCUT2D eigenvalue weighted by atomic mass is 9.85. The SMILES string of the molecule is OC1(c2ccc(F)cc2)CCOc2cccnc21. The van der Waals surface area contributed by atoms with Crippen LogP contribution in [0, 0.1) is 5.82 Å². The van der Waals surface area contributed by atoms with Crippen LogP contribution in [-0.2, 0) is 5.60 Å². The van der Waals surface area contributed by atoms with Crippen molar-refractivity contribution in [2.45, 2.75) is 12.0 Å². The van der Waals surface area contributed by atoms with E-state index in [1.807, 2.05) is 0 Å². The van der Waals surface area contributed by atoms with Crippen LogP contribution in [0.5, 0.6) is 5.75 Å². The van der Waals surface area contributed by atoms with Gasteiger partial charge in [-0.25, -0.2) is 4.39 Å². The second-order valence-corrected chi connectivity index (χ2v) is 4.32. The van der Waals surface area contributed by atoms with Gasteiger partial charge in [0.15, 0.2) is 0 Å². The molecule has 0 fully saturated rings. The highest BCUT2D eigenvalue weighted by Crippen LogP contribution is 2.39. The van der Waals surface area contributed by atoms with Gasteiger partial charge in [-0.15, -0.1) is 0 Å². The molecule has 0 aliphatic carbocycles. The Hall–Kier alpha value is -1.94. The summed E-state index contributed by atoms with van der Waals surface area (Å²) >= 11 is 0. The Balaban J connectivity index is 2.13. The van der Waals surface area contributed by atoms with Gasteiger partial charge < -0.3 is 9.84 Å². The summed E-state index contributed by atoms with van der Waals surface area (Å²) in [6.45, 7) is 0.409. The summed E-state index contributed by atoms with van der Waals surface area (Å²) in [6.07, 6.45) is 2.02. The quantitative estimate of drug-likeness (QED) is 0.837. The average molecular weight is 245 g/mol. The summed E-state index contributed by atoms with van der Waals surface area (Å²) in [7, 11) is 0. The first-order valence-corrected chi connectivity index (χ1v) is 5.77. The molecule has 1 aromatic carbocycles. The second kappa shape index (κ2) is 4.07. The number of rotatable bonds is 1. The van der Waals surface area contributed by atoms with E-state index < -0.39 is 5.60 Å². The molecule has 1 unspecified atom stereocenters. The number of fused-ring (bicyclic) bond motifs is 1. The van der Waals surface area contributed by atoms with Crippen molar-refractivity contribution in [3.8, 4) is 5.75 Å². The maximum atomic E-state index is 13.0. The highest BCUT2D eigenvalue weighted by Gasteiger charge is 2.38. The molecule has 1 aromatic heterocycles. The maximum Gasteiger partial charge on any atom is 0.144 e. The molecule has 0 amide bonds. The fourth-order valence-electron chi connectivity index (χ4n) is 2.25. The van der Waals surface area contributed by atoms with Gasteiger partial charge in [0.2, 0.25) is 0 Å². The summed E-state index contributed by atoms with van der Waals surface area (Å²) in [5.41, 5.74) is -0.0854. The third-order valence-electron chi connectivity index (χ3n) is 3.21. The molecule has 4 heteroatoms. The number of benzene rings is 1. The van der Waals surface area contributed by atoms with Crippen LogP contribution in [-0.4, -0.2) is 16.7 Å². The molecule has 0 saturated heterocycles. The average Bonchev–Trinajstić information content (AvgIpc) is 2.40. The minimum Gasteiger partial charge on any atom is -0.491 e. The Bertz CT molecular complexity index is 570. The summed E-state index contributed by atoms with van der Waals surface area (Å²) in [5.74, 6) is 0.256. The molecule has 1 N–H and O–H groups in total. The van der Waals surface area contributed by atoms with Gasteiger partial charge in [-0.1, -0.05) is 12.1 Å². The molecule has 2 heterocycles. The van der Waals surface area contributed by atoms with Crippen molar-refractivity contribution in [3.63, 3.8) is 0 Å². The highest BCUT2D eigenvalue weighted by molar-refractivity contribution is 5.41. The fourth-order valence-corrected chi connectivity index (χ4v) is 2.25. The Morgan fingerprint density at radius 2 is 2.00 bits per heavy atom. The third-order valence-corrected chi connectivity index (χ3v) is 3.21. The summed E-state index contributed by atoms with van der Waals surface area (Å²) in [5, 5.41) is 10.8. The lowest BCUT2D eigenvalue weighted by Crippen LogP contribution is -2.34. The van der Waals surface area contributed by atoms with E-state index >= 15 is 0 Å². The van der Waals surface area contributed by atoms with Gasteiger partial charge in [0.25, 0.3) is 0 Å². The third kappa shape index (κ3) is 1.66. The Kier molecular flexibility index (Phi) is 2.52. The normalized spacial score (nSPS) is 22.1. The smallest absolute Gasteiger partial charge is 0.144 e. The number of hydrogen-bond donors (Lipinski definition) is 1. The number of halogens is 1. The summed E-state index contributed by atoms with van der Waals surface area (Å²) in [6, 6.07) is 9.38. The van der Waals surface area contributed by atoms with E-state index in [2.05, 4.69) is 4.98 Å². The maximum absolute atomic E-state index is 13.0. The number of aromatic nitrogens is 1. The van der Waals surface area contributed by atoms with Crippen molar-refractivity contribution >= 4 is 0 Å². The largest absolute Gasteiger partial charge is 0.491 e. The topological polar surface area (TPSA) is 42.4 Å². The molecule has 1 aliphatic rings. The van der Waals surface area contributed by atoms with E-state index in [-0.39, 0.29) is 5.82 Å². The number of ether oxygens (including phenoxy) is 1. The Morgan fingerprint density at radius 1 is 1.22 bits per heavy atom. The predicted molar refractivity (Wildman–Crippen MR) is 63.7 cm³/mol. The second-order valence-electron chi connectivity index (χ2n) is 4.32. The molecule has 3 rings (SSSR count). The van der Waals surface area contributed by atoms with Crippen molar-refractivity contribution in [1.82, 2.24) is 4.98 Å². The summed E-state index contributed by atoms with van der Waals surface area (Å²) in [4.78, 5) is 4.20. The fraction of sp³-hybridized carbons (Fsp3) is 0.214. The van der Waals surface area contributed by atoms with E-state index in [1.165, 1.54) is 12.1 Å². The van der Waals surface area contributed by atoms with E-state index in [1.54, 1.807) is 30.5 Å². The van der Waals surface area contributed by atoms with Crippen molar-refractivity contribution in [3.05, 3.63) is 59.7 Å². The zero-order chi connectivity index (χ0) is 12.6. The molecule has 3 nitrogen and oxygen atoms in total. The molecule has 2 aromatic rings. The van der Waals surface area contributed by atoms with Gasteiger partial charge in [-0.2, -0.15) is 0 Å². The van der Waals surface area contributed by atoms with Gasteiger partial charge in [0.1, 0.15) is 22.9 Å². The van der Waals surface area contributed by atoms with E-state index in [0.29, 0.717) is 30.0 Å². The van der Waals surface area contributed by atoms with Gasteiger partial charge in [0, 0.05) is 12.6 Å².